The van der Waals surface area contributed by atoms with Crippen LogP contribution in [0.25, 0.3) is 0 Å². The molecule has 0 unspecified atom stereocenters. The van der Waals surface area contributed by atoms with E-state index in [0.29, 0.717) is 0 Å². The second-order valence-corrected chi connectivity index (χ2v) is 2.48. The summed E-state index contributed by atoms with van der Waals surface area (Å²) in [6.07, 6.45) is -13.1. The van der Waals surface area contributed by atoms with E-state index in [2.05, 4.69) is 9.78 Å². The van der Waals surface area contributed by atoms with E-state index in [4.69, 9.17) is 0 Å². The SMILES string of the molecule is CCC(=O)OOC(F)(F)C(F)(F)C(F)(F)F.[NH4+]. The Balaban J connectivity index is 0. The summed E-state index contributed by atoms with van der Waals surface area (Å²) in [6, 6.07) is 0. The van der Waals surface area contributed by atoms with Crippen LogP contribution in [0.4, 0.5) is 30.7 Å². The van der Waals surface area contributed by atoms with Crippen LogP contribution in [0.15, 0.2) is 0 Å². The van der Waals surface area contributed by atoms with Gasteiger partial charge in [-0.3, -0.25) is 4.89 Å². The van der Waals surface area contributed by atoms with Gasteiger partial charge in [0, 0.05) is 6.42 Å². The van der Waals surface area contributed by atoms with Gasteiger partial charge in [0.25, 0.3) is 0 Å². The number of hydrogen-bond acceptors (Lipinski definition) is 3. The van der Waals surface area contributed by atoms with Crippen molar-refractivity contribution < 1.29 is 45.3 Å². The first-order valence-electron chi connectivity index (χ1n) is 3.66. The van der Waals surface area contributed by atoms with Crippen LogP contribution >= 0.6 is 0 Å². The van der Waals surface area contributed by atoms with Gasteiger partial charge in [0.1, 0.15) is 0 Å². The molecule has 0 aromatic rings. The van der Waals surface area contributed by atoms with Gasteiger partial charge in [0.2, 0.25) is 0 Å². The average Bonchev–Trinajstić information content (AvgIpc) is 2.12. The lowest BCUT2D eigenvalue weighted by molar-refractivity contribution is -0.499. The first-order chi connectivity index (χ1) is 6.95. The molecule has 0 radical (unpaired) electrons. The van der Waals surface area contributed by atoms with Gasteiger partial charge in [0.05, 0.1) is 0 Å². The fraction of sp³-hybridized carbons (Fsp3) is 0.833. The third-order valence-electron chi connectivity index (χ3n) is 1.25. The van der Waals surface area contributed by atoms with Crippen LogP contribution in [0, 0.1) is 0 Å². The largest absolute Gasteiger partial charge is 0.464 e. The van der Waals surface area contributed by atoms with Crippen LogP contribution in [0.3, 0.4) is 0 Å². The molecule has 4 nitrogen and oxygen atoms in total. The molecule has 11 heteroatoms. The van der Waals surface area contributed by atoms with E-state index in [-0.39, 0.29) is 6.15 Å². The zero-order valence-corrected chi connectivity index (χ0v) is 8.58. The van der Waals surface area contributed by atoms with Crippen LogP contribution in [0.1, 0.15) is 13.3 Å². The van der Waals surface area contributed by atoms with Crippen LogP contribution in [0.2, 0.25) is 0 Å². The Bertz CT molecular complexity index is 265. The van der Waals surface area contributed by atoms with Crippen LogP contribution in [-0.2, 0) is 14.6 Å². The first kappa shape index (κ1) is 18.3. The Morgan fingerprint density at radius 1 is 1.06 bits per heavy atom. The van der Waals surface area contributed by atoms with E-state index in [1.807, 2.05) is 0 Å². The van der Waals surface area contributed by atoms with Crippen molar-refractivity contribution in [2.75, 3.05) is 0 Å². The molecule has 0 saturated heterocycles. The van der Waals surface area contributed by atoms with Gasteiger partial charge in [-0.05, 0) is 0 Å². The lowest BCUT2D eigenvalue weighted by atomic mass is 10.3. The molecule has 0 saturated carbocycles. The number of carbonyl (C=O) groups excluding carboxylic acids is 1. The normalized spacial score (nSPS) is 12.9. The maximum atomic E-state index is 12.2. The standard InChI is InChI=1S/C6H5F7O3.H3N/c1-2-3(14)15-16-6(12,13)4(7,8)5(9,10)11;/h2H2,1H3;1H3/p+1. The third-order valence-corrected chi connectivity index (χ3v) is 1.25. The molecule has 0 aliphatic rings. The minimum Gasteiger partial charge on any atom is -0.369 e. The quantitative estimate of drug-likeness (QED) is 0.487. The van der Waals surface area contributed by atoms with Gasteiger partial charge < -0.3 is 6.15 Å². The summed E-state index contributed by atoms with van der Waals surface area (Å²) in [7, 11) is 0. The minimum atomic E-state index is -6.53. The first-order valence-corrected chi connectivity index (χ1v) is 3.66. The molecule has 0 aromatic carbocycles. The molecule has 0 heterocycles. The minimum absolute atomic E-state index is 0. The summed E-state index contributed by atoms with van der Waals surface area (Å²) in [5.41, 5.74) is 0. The monoisotopic (exact) mass is 276 g/mol. The van der Waals surface area contributed by atoms with Crippen LogP contribution in [-0.4, -0.2) is 24.2 Å². The van der Waals surface area contributed by atoms with E-state index in [1.165, 1.54) is 0 Å². The van der Waals surface area contributed by atoms with E-state index >= 15 is 0 Å². The molecule has 0 amide bonds. The topological polar surface area (TPSA) is 72.0 Å². The molecule has 0 aromatic heterocycles. The predicted octanol–water partition coefficient (Wildman–Crippen LogP) is 3.04. The molecule has 0 rings (SSSR count). The maximum absolute atomic E-state index is 12.2. The van der Waals surface area contributed by atoms with Gasteiger partial charge in [-0.25, -0.2) is 4.79 Å². The summed E-state index contributed by atoms with van der Waals surface area (Å²) in [4.78, 5) is 15.8. The second-order valence-electron chi connectivity index (χ2n) is 2.48. The average molecular weight is 276 g/mol. The molecule has 0 atom stereocenters. The molecular weight excluding hydrogens is 267 g/mol. The highest BCUT2D eigenvalue weighted by Gasteiger charge is 2.76. The summed E-state index contributed by atoms with van der Waals surface area (Å²) in [5.74, 6) is -7.98. The number of hydrogen-bond donors (Lipinski definition) is 1. The van der Waals surface area contributed by atoms with Crippen LogP contribution in [0.5, 0.6) is 0 Å². The Morgan fingerprint density at radius 2 is 1.47 bits per heavy atom. The Kier molecular flexibility index (Phi) is 5.90. The highest BCUT2D eigenvalue weighted by atomic mass is 19.4. The van der Waals surface area contributed by atoms with Gasteiger partial charge >= 0.3 is 24.2 Å². The van der Waals surface area contributed by atoms with Crippen molar-refractivity contribution in [1.82, 2.24) is 6.15 Å². The van der Waals surface area contributed by atoms with Crippen molar-refractivity contribution in [2.24, 2.45) is 0 Å². The van der Waals surface area contributed by atoms with Crippen molar-refractivity contribution >= 4 is 5.97 Å². The van der Waals surface area contributed by atoms with E-state index in [0.717, 1.165) is 6.92 Å². The third kappa shape index (κ3) is 4.00. The van der Waals surface area contributed by atoms with Gasteiger partial charge in [0.15, 0.2) is 0 Å². The molecule has 0 fully saturated rings. The Morgan fingerprint density at radius 3 is 1.76 bits per heavy atom. The van der Waals surface area contributed by atoms with E-state index < -0.39 is 30.6 Å². The Hall–Kier alpha value is -1.10. The molecule has 0 spiro atoms. The van der Waals surface area contributed by atoms with Gasteiger partial charge in [-0.15, -0.1) is 4.89 Å². The fourth-order valence-electron chi connectivity index (χ4n) is 0.375. The van der Waals surface area contributed by atoms with Crippen molar-refractivity contribution in [3.63, 3.8) is 0 Å². The van der Waals surface area contributed by atoms with E-state index in [1.54, 1.807) is 0 Å². The zero-order valence-electron chi connectivity index (χ0n) is 8.58. The molecular formula is C6H9F7NO3+. The van der Waals surface area contributed by atoms with Crippen molar-refractivity contribution in [3.05, 3.63) is 0 Å². The number of alkyl halides is 7. The number of halogens is 7. The summed E-state index contributed by atoms with van der Waals surface area (Å²) >= 11 is 0. The predicted molar refractivity (Wildman–Crippen MR) is 39.4 cm³/mol. The number of rotatable bonds is 4. The summed E-state index contributed by atoms with van der Waals surface area (Å²) in [6.45, 7) is 1.09. The molecule has 0 bridgehead atoms. The highest BCUT2D eigenvalue weighted by molar-refractivity contribution is 5.68. The lowest BCUT2D eigenvalue weighted by Gasteiger charge is -2.25. The molecule has 0 aliphatic heterocycles. The summed E-state index contributed by atoms with van der Waals surface area (Å²) in [5, 5.41) is 0. The second kappa shape index (κ2) is 5.49. The molecule has 0 aliphatic carbocycles. The van der Waals surface area contributed by atoms with Crippen molar-refractivity contribution in [1.29, 1.82) is 0 Å². The maximum Gasteiger partial charge on any atom is 0.464 e. The Labute approximate surface area is 90.2 Å². The lowest BCUT2D eigenvalue weighted by Crippen LogP contribution is -2.53. The summed E-state index contributed by atoms with van der Waals surface area (Å²) < 4.78 is 83.0. The number of carbonyl (C=O) groups is 1. The molecule has 17 heavy (non-hydrogen) atoms. The van der Waals surface area contributed by atoms with Gasteiger partial charge in [-0.1, -0.05) is 6.92 Å². The molecule has 104 valence electrons. The molecule has 4 N–H and O–H groups in total. The van der Waals surface area contributed by atoms with Crippen molar-refractivity contribution in [3.8, 4) is 0 Å². The van der Waals surface area contributed by atoms with Gasteiger partial charge in [-0.2, -0.15) is 30.7 Å². The van der Waals surface area contributed by atoms with E-state index in [9.17, 15) is 35.5 Å². The number of quaternary nitrogens is 1. The zero-order chi connectivity index (χ0) is 13.2. The fourth-order valence-corrected chi connectivity index (χ4v) is 0.375. The van der Waals surface area contributed by atoms with Crippen molar-refractivity contribution in [2.45, 2.75) is 31.6 Å². The smallest absolute Gasteiger partial charge is 0.369 e. The van der Waals surface area contributed by atoms with Crippen LogP contribution < -0.4 is 6.15 Å². The highest BCUT2D eigenvalue weighted by Crippen LogP contribution is 2.47.